The molecule has 0 spiro atoms. The molecular weight excluding hydrogens is 380 g/mol. The molecular formula is C19H16N4O6. The lowest BCUT2D eigenvalue weighted by molar-refractivity contribution is -0.384. The van der Waals surface area contributed by atoms with Gasteiger partial charge in [0.1, 0.15) is 24.5 Å². The van der Waals surface area contributed by atoms with E-state index in [9.17, 15) is 19.7 Å². The van der Waals surface area contributed by atoms with Crippen LogP contribution in [0.5, 0.6) is 5.75 Å². The summed E-state index contributed by atoms with van der Waals surface area (Å²) in [6.45, 7) is 1.26. The van der Waals surface area contributed by atoms with Gasteiger partial charge < -0.3 is 13.9 Å². The molecule has 0 radical (unpaired) electrons. The number of esters is 1. The predicted octanol–water partition coefficient (Wildman–Crippen LogP) is 2.02. The van der Waals surface area contributed by atoms with Gasteiger partial charge in [0.05, 0.1) is 16.3 Å². The number of non-ortho nitro benzene ring substituents is 1. The van der Waals surface area contributed by atoms with E-state index in [0.29, 0.717) is 11.4 Å². The Kier molecular flexibility index (Phi) is 4.59. The molecule has 3 heterocycles. The molecule has 1 aromatic carbocycles. The molecule has 0 atom stereocenters. The summed E-state index contributed by atoms with van der Waals surface area (Å²) in [5, 5.41) is 11.0. The number of rotatable bonds is 5. The lowest BCUT2D eigenvalue weighted by Crippen LogP contribution is -2.42. The molecule has 0 aliphatic carbocycles. The fraction of sp³-hybridized carbons (Fsp3) is 0.211. The lowest BCUT2D eigenvalue weighted by Gasteiger charge is -2.28. The van der Waals surface area contributed by atoms with E-state index >= 15 is 0 Å². The zero-order chi connectivity index (χ0) is 20.5. The van der Waals surface area contributed by atoms with Crippen molar-refractivity contribution >= 4 is 28.9 Å². The Morgan fingerprint density at radius 3 is 2.93 bits per heavy atom. The number of pyridine rings is 1. The number of fused-ring (bicyclic) bond motifs is 2. The van der Waals surface area contributed by atoms with Crippen LogP contribution in [0.1, 0.15) is 11.3 Å². The van der Waals surface area contributed by atoms with E-state index in [1.54, 1.807) is 6.20 Å². The SMILES string of the molecule is Cc1ccc2nc(COC(=O)CN3C(=O)COc4ccc([N+](=O)[O-])cc43)cn2c1. The third-order valence-corrected chi connectivity index (χ3v) is 4.41. The minimum Gasteiger partial charge on any atom is -0.482 e. The first-order chi connectivity index (χ1) is 13.9. The average Bonchev–Trinajstić information content (AvgIpc) is 3.10. The van der Waals surface area contributed by atoms with E-state index in [4.69, 9.17) is 9.47 Å². The molecule has 1 amide bonds. The molecule has 1 aliphatic heterocycles. The quantitative estimate of drug-likeness (QED) is 0.368. The van der Waals surface area contributed by atoms with E-state index in [2.05, 4.69) is 4.98 Å². The Labute approximate surface area is 164 Å². The van der Waals surface area contributed by atoms with Crippen molar-refractivity contribution in [3.63, 3.8) is 0 Å². The fourth-order valence-corrected chi connectivity index (χ4v) is 3.03. The molecule has 0 fully saturated rings. The van der Waals surface area contributed by atoms with Gasteiger partial charge in [0.25, 0.3) is 11.6 Å². The molecule has 0 saturated heterocycles. The first-order valence-corrected chi connectivity index (χ1v) is 8.72. The Balaban J connectivity index is 1.47. The van der Waals surface area contributed by atoms with E-state index < -0.39 is 16.8 Å². The fourth-order valence-electron chi connectivity index (χ4n) is 3.03. The number of carbonyl (C=O) groups is 2. The third kappa shape index (κ3) is 3.72. The normalized spacial score (nSPS) is 13.1. The Bertz CT molecular complexity index is 1140. The van der Waals surface area contributed by atoms with Gasteiger partial charge in [-0.05, 0) is 24.6 Å². The van der Waals surface area contributed by atoms with Crippen molar-refractivity contribution in [2.24, 2.45) is 0 Å². The first kappa shape index (κ1) is 18.4. The second-order valence-electron chi connectivity index (χ2n) is 6.54. The van der Waals surface area contributed by atoms with Gasteiger partial charge in [-0.25, -0.2) is 4.98 Å². The van der Waals surface area contributed by atoms with Crippen molar-refractivity contribution in [3.05, 3.63) is 64.1 Å². The minimum atomic E-state index is -0.661. The molecule has 29 heavy (non-hydrogen) atoms. The summed E-state index contributed by atoms with van der Waals surface area (Å²) in [4.78, 5) is 40.4. The van der Waals surface area contributed by atoms with Crippen LogP contribution < -0.4 is 9.64 Å². The topological polar surface area (TPSA) is 116 Å². The zero-order valence-corrected chi connectivity index (χ0v) is 15.4. The number of aryl methyl sites for hydroxylation is 1. The van der Waals surface area contributed by atoms with Crippen molar-refractivity contribution in [1.82, 2.24) is 9.38 Å². The van der Waals surface area contributed by atoms with Gasteiger partial charge >= 0.3 is 5.97 Å². The number of nitrogens with zero attached hydrogens (tertiary/aromatic N) is 4. The van der Waals surface area contributed by atoms with Crippen LogP contribution in [0.4, 0.5) is 11.4 Å². The van der Waals surface area contributed by atoms with Crippen molar-refractivity contribution in [2.45, 2.75) is 13.5 Å². The number of anilines is 1. The van der Waals surface area contributed by atoms with Gasteiger partial charge in [0.2, 0.25) is 0 Å². The van der Waals surface area contributed by atoms with Crippen LogP contribution in [0.15, 0.2) is 42.7 Å². The summed E-state index contributed by atoms with van der Waals surface area (Å²) in [6.07, 6.45) is 3.66. The maximum atomic E-state index is 12.3. The van der Waals surface area contributed by atoms with Crippen LogP contribution in [0.2, 0.25) is 0 Å². The summed E-state index contributed by atoms with van der Waals surface area (Å²) in [5.41, 5.74) is 2.31. The van der Waals surface area contributed by atoms with Gasteiger partial charge in [-0.15, -0.1) is 0 Å². The smallest absolute Gasteiger partial charge is 0.326 e. The average molecular weight is 396 g/mol. The van der Waals surface area contributed by atoms with Crippen LogP contribution in [0, 0.1) is 17.0 Å². The highest BCUT2D eigenvalue weighted by Crippen LogP contribution is 2.35. The Hall–Kier alpha value is -3.95. The molecule has 1 aliphatic rings. The number of nitro benzene ring substituents is 1. The maximum absolute atomic E-state index is 12.3. The number of amides is 1. The highest BCUT2D eigenvalue weighted by atomic mass is 16.6. The van der Waals surface area contributed by atoms with E-state index in [0.717, 1.165) is 16.1 Å². The van der Waals surface area contributed by atoms with Gasteiger partial charge in [-0.2, -0.15) is 0 Å². The zero-order valence-electron chi connectivity index (χ0n) is 15.4. The van der Waals surface area contributed by atoms with E-state index in [1.165, 1.54) is 18.2 Å². The van der Waals surface area contributed by atoms with Crippen LogP contribution in [0.25, 0.3) is 5.65 Å². The summed E-state index contributed by atoms with van der Waals surface area (Å²) in [5.74, 6) is -0.859. The van der Waals surface area contributed by atoms with E-state index in [-0.39, 0.29) is 31.1 Å². The highest BCUT2D eigenvalue weighted by molar-refractivity contribution is 6.01. The monoisotopic (exact) mass is 396 g/mol. The van der Waals surface area contributed by atoms with Crippen LogP contribution in [-0.2, 0) is 20.9 Å². The summed E-state index contributed by atoms with van der Waals surface area (Å²) in [7, 11) is 0. The van der Waals surface area contributed by atoms with Crippen LogP contribution >= 0.6 is 0 Å². The number of ether oxygens (including phenoxy) is 2. The number of nitro groups is 1. The number of hydrogen-bond donors (Lipinski definition) is 0. The summed E-state index contributed by atoms with van der Waals surface area (Å²) >= 11 is 0. The van der Waals surface area contributed by atoms with E-state index in [1.807, 2.05) is 29.7 Å². The van der Waals surface area contributed by atoms with Crippen molar-refractivity contribution in [3.8, 4) is 5.75 Å². The number of hydrogen-bond acceptors (Lipinski definition) is 7. The predicted molar refractivity (Wildman–Crippen MR) is 101 cm³/mol. The molecule has 3 aromatic rings. The second-order valence-corrected chi connectivity index (χ2v) is 6.54. The summed E-state index contributed by atoms with van der Waals surface area (Å²) in [6, 6.07) is 7.66. The second kappa shape index (κ2) is 7.23. The van der Waals surface area contributed by atoms with Gasteiger partial charge in [-0.3, -0.25) is 24.6 Å². The molecule has 4 rings (SSSR count). The molecule has 10 nitrogen and oxygen atoms in total. The Morgan fingerprint density at radius 2 is 2.14 bits per heavy atom. The number of benzene rings is 1. The molecule has 10 heteroatoms. The molecule has 0 unspecified atom stereocenters. The largest absolute Gasteiger partial charge is 0.482 e. The molecule has 148 valence electrons. The number of carbonyl (C=O) groups excluding carboxylic acids is 2. The molecule has 0 saturated carbocycles. The highest BCUT2D eigenvalue weighted by Gasteiger charge is 2.29. The van der Waals surface area contributed by atoms with Gasteiger partial charge in [0, 0.05) is 24.5 Å². The van der Waals surface area contributed by atoms with Crippen molar-refractivity contribution in [2.75, 3.05) is 18.1 Å². The minimum absolute atomic E-state index is 0.0557. The molecule has 0 N–H and O–H groups in total. The molecule has 2 aromatic heterocycles. The van der Waals surface area contributed by atoms with Gasteiger partial charge in [0.15, 0.2) is 6.61 Å². The van der Waals surface area contributed by atoms with Gasteiger partial charge in [-0.1, -0.05) is 6.07 Å². The lowest BCUT2D eigenvalue weighted by atomic mass is 10.2. The van der Waals surface area contributed by atoms with Crippen molar-refractivity contribution < 1.29 is 24.0 Å². The maximum Gasteiger partial charge on any atom is 0.326 e. The molecule has 0 bridgehead atoms. The number of imidazole rings is 1. The number of aromatic nitrogens is 2. The third-order valence-electron chi connectivity index (χ3n) is 4.41. The Morgan fingerprint density at radius 1 is 1.31 bits per heavy atom. The summed E-state index contributed by atoms with van der Waals surface area (Å²) < 4.78 is 12.4. The van der Waals surface area contributed by atoms with Crippen LogP contribution in [-0.4, -0.2) is 39.3 Å². The first-order valence-electron chi connectivity index (χ1n) is 8.72. The standard InChI is InChI=1S/C19H16N4O6/c1-12-2-5-17-20-13(8-21(17)7-12)10-29-19(25)9-22-15-6-14(23(26)27)3-4-16(15)28-11-18(22)24/h2-8H,9-11H2,1H3. The van der Waals surface area contributed by atoms with Crippen LogP contribution in [0.3, 0.4) is 0 Å². The van der Waals surface area contributed by atoms with Crippen molar-refractivity contribution in [1.29, 1.82) is 0 Å².